The van der Waals surface area contributed by atoms with Gasteiger partial charge in [0.2, 0.25) is 0 Å². The number of fused-ring (bicyclic) bond motifs is 3. The first kappa shape index (κ1) is 26.0. The molecule has 1 saturated heterocycles. The van der Waals surface area contributed by atoms with E-state index in [0.717, 1.165) is 74.5 Å². The van der Waals surface area contributed by atoms with Crippen LogP contribution in [0, 0.1) is 0 Å². The van der Waals surface area contributed by atoms with E-state index in [4.69, 9.17) is 14.5 Å². The molecule has 1 amide bonds. The third kappa shape index (κ3) is 5.36. The number of hydrogen-bond acceptors (Lipinski definition) is 6. The highest BCUT2D eigenvalue weighted by molar-refractivity contribution is 6.15. The molecule has 0 spiro atoms. The Morgan fingerprint density at radius 3 is 2.38 bits per heavy atom. The van der Waals surface area contributed by atoms with Crippen LogP contribution in [0.25, 0.3) is 0 Å². The Morgan fingerprint density at radius 1 is 0.973 bits per heavy atom. The Hall–Kier alpha value is -2.58. The van der Waals surface area contributed by atoms with Crippen LogP contribution in [0.5, 0.6) is 0 Å². The van der Waals surface area contributed by atoms with E-state index in [9.17, 15) is 4.79 Å². The zero-order valence-electron chi connectivity index (χ0n) is 22.6. The Morgan fingerprint density at radius 2 is 1.70 bits per heavy atom. The lowest BCUT2D eigenvalue weighted by atomic mass is 9.72. The molecule has 0 bridgehead atoms. The van der Waals surface area contributed by atoms with Crippen LogP contribution in [-0.2, 0) is 9.47 Å². The third-order valence-corrected chi connectivity index (χ3v) is 8.25. The van der Waals surface area contributed by atoms with Gasteiger partial charge in [-0.3, -0.25) is 14.7 Å². The van der Waals surface area contributed by atoms with Crippen molar-refractivity contribution in [3.8, 4) is 0 Å². The van der Waals surface area contributed by atoms with Crippen LogP contribution in [0.15, 0.2) is 53.5 Å². The number of carbonyl (C=O) groups is 1. The molecule has 4 atom stereocenters. The van der Waals surface area contributed by atoms with E-state index < -0.39 is 0 Å². The molecule has 2 unspecified atom stereocenters. The van der Waals surface area contributed by atoms with Crippen molar-refractivity contribution in [1.82, 2.24) is 14.7 Å². The lowest BCUT2D eigenvalue weighted by Crippen LogP contribution is -2.50. The predicted molar refractivity (Wildman–Crippen MR) is 147 cm³/mol. The minimum Gasteiger partial charge on any atom is -0.379 e. The van der Waals surface area contributed by atoms with Crippen molar-refractivity contribution < 1.29 is 14.3 Å². The highest BCUT2D eigenvalue weighted by Crippen LogP contribution is 2.43. The normalized spacial score (nSPS) is 26.0. The van der Waals surface area contributed by atoms with Gasteiger partial charge in [0.15, 0.2) is 0 Å². The van der Waals surface area contributed by atoms with Crippen molar-refractivity contribution in [2.75, 3.05) is 67.6 Å². The van der Waals surface area contributed by atoms with Crippen molar-refractivity contribution in [2.45, 2.75) is 37.0 Å². The molecule has 37 heavy (non-hydrogen) atoms. The number of hydrogen-bond donors (Lipinski definition) is 0. The first-order chi connectivity index (χ1) is 18.0. The molecule has 1 aliphatic carbocycles. The second-order valence-corrected chi connectivity index (χ2v) is 10.7. The van der Waals surface area contributed by atoms with Crippen LogP contribution in [0.2, 0.25) is 0 Å². The van der Waals surface area contributed by atoms with E-state index in [0.29, 0.717) is 0 Å². The topological polar surface area (TPSA) is 57.6 Å². The summed E-state index contributed by atoms with van der Waals surface area (Å²) in [6, 6.07) is 16.7. The summed E-state index contributed by atoms with van der Waals surface area (Å²) in [6.45, 7) is 5.51. The summed E-state index contributed by atoms with van der Waals surface area (Å²) in [7, 11) is 7.75. The van der Waals surface area contributed by atoms with E-state index >= 15 is 0 Å². The SMILES string of the molecule is COC1CC[C@H]2N=C(c3ccc(C(=O)N4CCN(CCN(C)C)CC4)cc3)c3ccccc3[C@H]2C1OC. The molecule has 3 aliphatic rings. The first-order valence-corrected chi connectivity index (χ1v) is 13.5. The molecule has 0 N–H and O–H groups in total. The summed E-state index contributed by atoms with van der Waals surface area (Å²) in [5.74, 6) is 0.298. The molecule has 7 heteroatoms. The van der Waals surface area contributed by atoms with Gasteiger partial charge in [-0.2, -0.15) is 0 Å². The summed E-state index contributed by atoms with van der Waals surface area (Å²) in [5.41, 5.74) is 5.23. The summed E-state index contributed by atoms with van der Waals surface area (Å²) in [6.07, 6.45) is 1.97. The van der Waals surface area contributed by atoms with Crippen LogP contribution >= 0.6 is 0 Å². The van der Waals surface area contributed by atoms with Crippen LogP contribution in [-0.4, -0.2) is 112 Å². The highest BCUT2D eigenvalue weighted by Gasteiger charge is 2.44. The molecule has 2 heterocycles. The average Bonchev–Trinajstić information content (AvgIpc) is 2.94. The van der Waals surface area contributed by atoms with E-state index in [1.165, 1.54) is 5.56 Å². The van der Waals surface area contributed by atoms with Crippen molar-refractivity contribution in [1.29, 1.82) is 0 Å². The maximum absolute atomic E-state index is 13.2. The molecule has 0 radical (unpaired) electrons. The fraction of sp³-hybridized carbons (Fsp3) is 0.533. The predicted octanol–water partition coefficient (Wildman–Crippen LogP) is 3.13. The second-order valence-electron chi connectivity index (χ2n) is 10.7. The second kappa shape index (κ2) is 11.4. The Balaban J connectivity index is 1.32. The van der Waals surface area contributed by atoms with Crippen LogP contribution in [0.1, 0.15) is 45.8 Å². The molecule has 7 nitrogen and oxygen atoms in total. The maximum atomic E-state index is 13.2. The fourth-order valence-corrected chi connectivity index (χ4v) is 6.15. The van der Waals surface area contributed by atoms with E-state index in [1.807, 2.05) is 17.0 Å². The van der Waals surface area contributed by atoms with Crippen molar-refractivity contribution in [3.63, 3.8) is 0 Å². The number of ether oxygens (including phenoxy) is 2. The van der Waals surface area contributed by atoms with Crippen LogP contribution in [0.4, 0.5) is 0 Å². The molecule has 2 aliphatic heterocycles. The van der Waals surface area contributed by atoms with Gasteiger partial charge >= 0.3 is 0 Å². The number of methoxy groups -OCH3 is 2. The number of benzene rings is 2. The first-order valence-electron chi connectivity index (χ1n) is 13.5. The third-order valence-electron chi connectivity index (χ3n) is 8.25. The monoisotopic (exact) mass is 504 g/mol. The van der Waals surface area contributed by atoms with Gasteiger partial charge in [-0.1, -0.05) is 36.4 Å². The van der Waals surface area contributed by atoms with Crippen molar-refractivity contribution >= 4 is 11.6 Å². The summed E-state index contributed by atoms with van der Waals surface area (Å²) in [5, 5.41) is 0. The van der Waals surface area contributed by atoms with E-state index in [2.05, 4.69) is 60.3 Å². The molecule has 0 aromatic heterocycles. The quantitative estimate of drug-likeness (QED) is 0.580. The molecule has 2 aromatic rings. The minimum atomic E-state index is -0.0152. The maximum Gasteiger partial charge on any atom is 0.253 e. The molecule has 1 saturated carbocycles. The van der Waals surface area contributed by atoms with Crippen LogP contribution in [0.3, 0.4) is 0 Å². The smallest absolute Gasteiger partial charge is 0.253 e. The lowest BCUT2D eigenvalue weighted by Gasteiger charge is -2.43. The average molecular weight is 505 g/mol. The molecule has 2 aromatic carbocycles. The van der Waals surface area contributed by atoms with Gasteiger partial charge in [0.05, 0.1) is 24.0 Å². The lowest BCUT2D eigenvalue weighted by molar-refractivity contribution is -0.0738. The molecule has 5 rings (SSSR count). The molecule has 198 valence electrons. The Kier molecular flexibility index (Phi) is 8.05. The summed E-state index contributed by atoms with van der Waals surface area (Å²) < 4.78 is 11.7. The Bertz CT molecular complexity index is 1110. The van der Waals surface area contributed by atoms with Crippen molar-refractivity contribution in [2.24, 2.45) is 4.99 Å². The van der Waals surface area contributed by atoms with E-state index in [1.54, 1.807) is 14.2 Å². The number of carbonyl (C=O) groups excluding carboxylic acids is 1. The fourth-order valence-electron chi connectivity index (χ4n) is 6.15. The largest absolute Gasteiger partial charge is 0.379 e. The van der Waals surface area contributed by atoms with Gasteiger partial charge in [0.25, 0.3) is 5.91 Å². The van der Waals surface area contributed by atoms with Crippen molar-refractivity contribution in [3.05, 3.63) is 70.8 Å². The zero-order valence-corrected chi connectivity index (χ0v) is 22.6. The summed E-state index contributed by atoms with van der Waals surface area (Å²) >= 11 is 0. The highest BCUT2D eigenvalue weighted by atomic mass is 16.5. The minimum absolute atomic E-state index is 0.0152. The number of amides is 1. The zero-order chi connectivity index (χ0) is 25.9. The van der Waals surface area contributed by atoms with Gasteiger partial charge in [0.1, 0.15) is 0 Å². The molecule has 2 fully saturated rings. The van der Waals surface area contributed by atoms with Gasteiger partial charge in [-0.25, -0.2) is 0 Å². The number of nitrogens with zero attached hydrogens (tertiary/aromatic N) is 4. The van der Waals surface area contributed by atoms with E-state index in [-0.39, 0.29) is 30.1 Å². The molecular formula is C30H40N4O3. The Labute approximate surface area is 221 Å². The number of piperazine rings is 1. The van der Waals surface area contributed by atoms with Gasteiger partial charge < -0.3 is 19.3 Å². The van der Waals surface area contributed by atoms with Crippen LogP contribution < -0.4 is 0 Å². The standard InChI is InChI=1S/C30H40N4O3/c1-32(2)15-16-33-17-19-34(20-18-33)30(35)22-11-9-21(10-12-22)28-24-8-6-5-7-23(24)27-25(31-28)13-14-26(36-3)29(27)37-4/h5-12,25-27,29H,13-20H2,1-4H3/t25-,26?,27-,29?/m1/s1. The van der Waals surface area contributed by atoms with Gasteiger partial charge in [-0.15, -0.1) is 0 Å². The number of aliphatic imine (C=N–C) groups is 1. The summed E-state index contributed by atoms with van der Waals surface area (Å²) in [4.78, 5) is 25.1. The van der Waals surface area contributed by atoms with Gasteiger partial charge in [-0.05, 0) is 44.6 Å². The number of likely N-dealkylation sites (N-methyl/N-ethyl adjacent to an activating group) is 1. The number of rotatable bonds is 7. The van der Waals surface area contributed by atoms with Gasteiger partial charge in [0, 0.05) is 76.1 Å². The molecular weight excluding hydrogens is 464 g/mol.